The SMILES string of the molecule is COc1ccnc(N2CCN(Cc3nc4scc(-c5cccs5)c4c(=O)[nH]3)CC2)n1. The fourth-order valence-corrected chi connectivity index (χ4v) is 5.38. The fraction of sp³-hybridized carbons (Fsp3) is 0.300. The molecule has 5 rings (SSSR count). The number of aromatic nitrogens is 4. The van der Waals surface area contributed by atoms with E-state index in [1.807, 2.05) is 22.9 Å². The van der Waals surface area contributed by atoms with E-state index >= 15 is 0 Å². The lowest BCUT2D eigenvalue weighted by Crippen LogP contribution is -2.46. The first-order chi connectivity index (χ1) is 14.7. The highest BCUT2D eigenvalue weighted by Crippen LogP contribution is 2.33. The highest BCUT2D eigenvalue weighted by molar-refractivity contribution is 7.18. The van der Waals surface area contributed by atoms with Crippen LogP contribution in [0.1, 0.15) is 5.82 Å². The number of aromatic amines is 1. The summed E-state index contributed by atoms with van der Waals surface area (Å²) in [4.78, 5) is 35.6. The number of piperazine rings is 1. The summed E-state index contributed by atoms with van der Waals surface area (Å²) >= 11 is 3.16. The Kier molecular flexibility index (Phi) is 5.19. The molecule has 10 heteroatoms. The van der Waals surface area contributed by atoms with E-state index < -0.39 is 0 Å². The van der Waals surface area contributed by atoms with Crippen molar-refractivity contribution in [3.63, 3.8) is 0 Å². The average Bonchev–Trinajstić information content (AvgIpc) is 3.44. The van der Waals surface area contributed by atoms with E-state index in [0.29, 0.717) is 29.6 Å². The number of ether oxygens (including phenoxy) is 1. The van der Waals surface area contributed by atoms with E-state index in [4.69, 9.17) is 9.72 Å². The lowest BCUT2D eigenvalue weighted by atomic mass is 10.2. The van der Waals surface area contributed by atoms with Crippen LogP contribution in [0.4, 0.5) is 5.95 Å². The maximum absolute atomic E-state index is 12.8. The fourth-order valence-electron chi connectivity index (χ4n) is 3.60. The van der Waals surface area contributed by atoms with Crippen LogP contribution in [0.25, 0.3) is 20.7 Å². The van der Waals surface area contributed by atoms with Gasteiger partial charge in [0.25, 0.3) is 5.56 Å². The van der Waals surface area contributed by atoms with Crippen molar-refractivity contribution in [2.45, 2.75) is 6.54 Å². The van der Waals surface area contributed by atoms with Crippen molar-refractivity contribution in [1.29, 1.82) is 0 Å². The maximum atomic E-state index is 12.8. The monoisotopic (exact) mass is 440 g/mol. The van der Waals surface area contributed by atoms with Gasteiger partial charge in [0.1, 0.15) is 10.7 Å². The molecule has 8 nitrogen and oxygen atoms in total. The molecule has 0 aliphatic carbocycles. The van der Waals surface area contributed by atoms with Crippen molar-refractivity contribution in [3.8, 4) is 16.3 Å². The third-order valence-electron chi connectivity index (χ3n) is 5.13. The molecule has 5 heterocycles. The summed E-state index contributed by atoms with van der Waals surface area (Å²) in [5.74, 6) is 1.95. The van der Waals surface area contributed by atoms with Crippen molar-refractivity contribution in [3.05, 3.63) is 51.3 Å². The third kappa shape index (κ3) is 3.69. The minimum Gasteiger partial charge on any atom is -0.481 e. The van der Waals surface area contributed by atoms with Gasteiger partial charge in [0.2, 0.25) is 11.8 Å². The molecule has 4 aromatic rings. The molecule has 0 saturated carbocycles. The maximum Gasteiger partial charge on any atom is 0.260 e. The Bertz CT molecular complexity index is 1210. The van der Waals surface area contributed by atoms with E-state index in [-0.39, 0.29) is 5.56 Å². The number of methoxy groups -OCH3 is 1. The van der Waals surface area contributed by atoms with E-state index in [1.165, 1.54) is 11.3 Å². The Morgan fingerprint density at radius 3 is 2.80 bits per heavy atom. The van der Waals surface area contributed by atoms with Crippen LogP contribution < -0.4 is 15.2 Å². The number of nitrogens with one attached hydrogen (secondary N) is 1. The Hall–Kier alpha value is -2.82. The molecule has 1 fully saturated rings. The first-order valence-corrected chi connectivity index (χ1v) is 11.4. The molecule has 1 aliphatic rings. The van der Waals surface area contributed by atoms with E-state index in [9.17, 15) is 4.79 Å². The molecule has 154 valence electrons. The summed E-state index contributed by atoms with van der Waals surface area (Å²) in [6, 6.07) is 5.77. The molecule has 0 radical (unpaired) electrons. The predicted octanol–water partition coefficient (Wildman–Crippen LogP) is 2.83. The molecule has 4 aromatic heterocycles. The van der Waals surface area contributed by atoms with Crippen molar-refractivity contribution in [2.75, 3.05) is 38.2 Å². The Labute approximate surface area is 180 Å². The van der Waals surface area contributed by atoms with Crippen LogP contribution in [0.2, 0.25) is 0 Å². The summed E-state index contributed by atoms with van der Waals surface area (Å²) in [5, 5.41) is 4.73. The van der Waals surface area contributed by atoms with Gasteiger partial charge in [-0.15, -0.1) is 22.7 Å². The van der Waals surface area contributed by atoms with Crippen molar-refractivity contribution in [2.24, 2.45) is 0 Å². The first kappa shape index (κ1) is 19.2. The number of rotatable bonds is 5. The summed E-state index contributed by atoms with van der Waals surface area (Å²) < 4.78 is 5.19. The van der Waals surface area contributed by atoms with Gasteiger partial charge in [-0.1, -0.05) is 6.07 Å². The second-order valence-electron chi connectivity index (χ2n) is 6.98. The zero-order valence-corrected chi connectivity index (χ0v) is 18.0. The Morgan fingerprint density at radius 1 is 1.17 bits per heavy atom. The summed E-state index contributed by atoms with van der Waals surface area (Å²) in [6.07, 6.45) is 1.71. The van der Waals surface area contributed by atoms with E-state index in [2.05, 4.69) is 24.8 Å². The highest BCUT2D eigenvalue weighted by atomic mass is 32.1. The second-order valence-corrected chi connectivity index (χ2v) is 8.79. The average molecular weight is 441 g/mol. The molecule has 1 N–H and O–H groups in total. The highest BCUT2D eigenvalue weighted by Gasteiger charge is 2.21. The predicted molar refractivity (Wildman–Crippen MR) is 120 cm³/mol. The van der Waals surface area contributed by atoms with Crippen LogP contribution in [-0.2, 0) is 6.54 Å². The smallest absolute Gasteiger partial charge is 0.260 e. The van der Waals surface area contributed by atoms with Gasteiger partial charge >= 0.3 is 0 Å². The number of thiophene rings is 2. The van der Waals surface area contributed by atoms with Gasteiger partial charge in [-0.25, -0.2) is 9.97 Å². The molecule has 1 saturated heterocycles. The van der Waals surface area contributed by atoms with Crippen molar-refractivity contribution in [1.82, 2.24) is 24.8 Å². The molecule has 1 aliphatic heterocycles. The molecule has 0 amide bonds. The molecule has 0 aromatic carbocycles. The molecular formula is C20H20N6O2S2. The van der Waals surface area contributed by atoms with Crippen LogP contribution in [0.15, 0.2) is 40.0 Å². The Balaban J connectivity index is 1.29. The van der Waals surface area contributed by atoms with Crippen molar-refractivity contribution >= 4 is 38.8 Å². The van der Waals surface area contributed by atoms with Crippen LogP contribution in [-0.4, -0.2) is 58.1 Å². The van der Waals surface area contributed by atoms with Gasteiger partial charge in [0.15, 0.2) is 0 Å². The van der Waals surface area contributed by atoms with E-state index in [1.54, 1.807) is 30.7 Å². The normalized spacial score (nSPS) is 15.0. The lowest BCUT2D eigenvalue weighted by Gasteiger charge is -2.34. The van der Waals surface area contributed by atoms with Crippen LogP contribution in [0.5, 0.6) is 5.88 Å². The number of hydrogen-bond acceptors (Lipinski definition) is 9. The standard InChI is InChI=1S/C20H20N6O2S2/c1-28-16-4-5-21-20(24-16)26-8-6-25(7-9-26)11-15-22-18(27)17-13(12-30-19(17)23-15)14-3-2-10-29-14/h2-5,10,12H,6-9,11H2,1H3,(H,22,23,27). The molecule has 0 atom stereocenters. The van der Waals surface area contributed by atoms with Gasteiger partial charge in [-0.3, -0.25) is 9.69 Å². The van der Waals surface area contributed by atoms with Gasteiger partial charge in [-0.05, 0) is 11.4 Å². The summed E-state index contributed by atoms with van der Waals surface area (Å²) in [7, 11) is 1.60. The molecule has 0 bridgehead atoms. The number of fused-ring (bicyclic) bond motifs is 1. The van der Waals surface area contributed by atoms with Crippen LogP contribution in [0.3, 0.4) is 0 Å². The van der Waals surface area contributed by atoms with Crippen molar-refractivity contribution < 1.29 is 4.74 Å². The number of nitrogens with zero attached hydrogens (tertiary/aromatic N) is 5. The quantitative estimate of drug-likeness (QED) is 0.511. The van der Waals surface area contributed by atoms with Crippen LogP contribution >= 0.6 is 22.7 Å². The molecule has 0 spiro atoms. The lowest BCUT2D eigenvalue weighted by molar-refractivity contribution is 0.243. The zero-order valence-electron chi connectivity index (χ0n) is 16.4. The largest absolute Gasteiger partial charge is 0.481 e. The third-order valence-corrected chi connectivity index (χ3v) is 6.91. The summed E-state index contributed by atoms with van der Waals surface area (Å²) in [6.45, 7) is 3.91. The minimum absolute atomic E-state index is 0.0666. The van der Waals surface area contributed by atoms with Gasteiger partial charge in [0, 0.05) is 54.3 Å². The van der Waals surface area contributed by atoms with Gasteiger partial charge in [0.05, 0.1) is 19.0 Å². The number of H-pyrrole nitrogens is 1. The zero-order chi connectivity index (χ0) is 20.5. The van der Waals surface area contributed by atoms with Gasteiger partial charge in [-0.2, -0.15) is 4.98 Å². The topological polar surface area (TPSA) is 87.2 Å². The summed E-state index contributed by atoms with van der Waals surface area (Å²) in [5.41, 5.74) is 0.903. The van der Waals surface area contributed by atoms with E-state index in [0.717, 1.165) is 41.5 Å². The number of anilines is 1. The first-order valence-electron chi connectivity index (χ1n) is 9.60. The Morgan fingerprint density at radius 2 is 2.03 bits per heavy atom. The van der Waals surface area contributed by atoms with Gasteiger partial charge < -0.3 is 14.6 Å². The minimum atomic E-state index is -0.0666. The molecular weight excluding hydrogens is 420 g/mol. The van der Waals surface area contributed by atoms with Crippen LogP contribution in [0, 0.1) is 0 Å². The second kappa shape index (κ2) is 8.13. The molecule has 30 heavy (non-hydrogen) atoms. The molecule has 0 unspecified atom stereocenters. The number of hydrogen-bond donors (Lipinski definition) is 1.